The largest absolute Gasteiger partial charge is 0.455 e. The maximum atomic E-state index is 11.6. The van der Waals surface area contributed by atoms with Gasteiger partial charge in [-0.15, -0.1) is 0 Å². The van der Waals surface area contributed by atoms with Crippen molar-refractivity contribution >= 4 is 40.8 Å². The second-order valence-corrected chi connectivity index (χ2v) is 5.44. The Bertz CT molecular complexity index is 519. The summed E-state index contributed by atoms with van der Waals surface area (Å²) in [5.74, 6) is -0.453. The lowest BCUT2D eigenvalue weighted by molar-refractivity contribution is -0.148. The van der Waals surface area contributed by atoms with Crippen LogP contribution in [0.3, 0.4) is 0 Å². The molecule has 4 nitrogen and oxygen atoms in total. The fraction of sp³-hybridized carbons (Fsp3) is 0.385. The highest BCUT2D eigenvalue weighted by Crippen LogP contribution is 2.38. The number of nitrogens with one attached hydrogen (secondary N) is 1. The van der Waals surface area contributed by atoms with Crippen LogP contribution in [0, 0.1) is 11.8 Å². The Morgan fingerprint density at radius 3 is 2.74 bits per heavy atom. The summed E-state index contributed by atoms with van der Waals surface area (Å²) in [6.07, 6.45) is 0.834. The van der Waals surface area contributed by atoms with Gasteiger partial charge >= 0.3 is 5.97 Å². The molecule has 2 atom stereocenters. The number of hydrogen-bond donors (Lipinski definition) is 1. The third kappa shape index (κ3) is 3.85. The molecule has 0 bridgehead atoms. The van der Waals surface area contributed by atoms with Crippen LogP contribution in [0.25, 0.3) is 0 Å². The number of hydrogen-bond acceptors (Lipinski definition) is 3. The van der Waals surface area contributed by atoms with E-state index in [1.54, 1.807) is 12.1 Å². The van der Waals surface area contributed by atoms with Crippen molar-refractivity contribution in [2.24, 2.45) is 11.8 Å². The van der Waals surface area contributed by atoms with Gasteiger partial charge in [-0.25, -0.2) is 0 Å². The standard InChI is InChI=1S/C13H13Cl2NO3/c1-7-4-9(7)13(18)19-6-12(17)16-11-5-8(14)2-3-10(11)15/h2-3,5,7,9H,4,6H2,1H3,(H,16,17)/t7-,9-/m1/s1. The van der Waals surface area contributed by atoms with E-state index in [0.29, 0.717) is 21.7 Å². The predicted molar refractivity (Wildman–Crippen MR) is 73.3 cm³/mol. The zero-order valence-corrected chi connectivity index (χ0v) is 11.8. The fourth-order valence-corrected chi connectivity index (χ4v) is 2.01. The van der Waals surface area contributed by atoms with Crippen molar-refractivity contribution < 1.29 is 14.3 Å². The molecule has 0 aromatic heterocycles. The van der Waals surface area contributed by atoms with Gasteiger partial charge in [0.25, 0.3) is 5.91 Å². The van der Waals surface area contributed by atoms with Gasteiger partial charge in [-0.3, -0.25) is 9.59 Å². The van der Waals surface area contributed by atoms with Gasteiger partial charge in [0, 0.05) is 5.02 Å². The van der Waals surface area contributed by atoms with Gasteiger partial charge < -0.3 is 10.1 Å². The van der Waals surface area contributed by atoms with E-state index in [0.717, 1.165) is 6.42 Å². The molecule has 1 fully saturated rings. The van der Waals surface area contributed by atoms with Crippen LogP contribution < -0.4 is 5.32 Å². The summed E-state index contributed by atoms with van der Waals surface area (Å²) in [5, 5.41) is 3.38. The second kappa shape index (κ2) is 5.80. The minimum Gasteiger partial charge on any atom is -0.455 e. The third-order valence-electron chi connectivity index (χ3n) is 2.96. The number of carbonyl (C=O) groups excluding carboxylic acids is 2. The molecule has 0 aliphatic heterocycles. The van der Waals surface area contributed by atoms with Gasteiger partial charge in [-0.05, 0) is 30.5 Å². The predicted octanol–water partition coefficient (Wildman–Crippen LogP) is 3.13. The maximum Gasteiger partial charge on any atom is 0.309 e. The first-order valence-corrected chi connectivity index (χ1v) is 6.64. The number of esters is 1. The molecule has 0 heterocycles. The molecule has 1 aliphatic carbocycles. The van der Waals surface area contributed by atoms with E-state index >= 15 is 0 Å². The van der Waals surface area contributed by atoms with E-state index < -0.39 is 5.91 Å². The van der Waals surface area contributed by atoms with E-state index in [1.165, 1.54) is 6.07 Å². The van der Waals surface area contributed by atoms with Crippen molar-refractivity contribution in [2.75, 3.05) is 11.9 Å². The first-order chi connectivity index (χ1) is 8.97. The number of benzene rings is 1. The lowest BCUT2D eigenvalue weighted by atomic mass is 10.3. The molecule has 1 N–H and O–H groups in total. The minimum absolute atomic E-state index is 0.0532. The SMILES string of the molecule is C[C@@H]1C[C@H]1C(=O)OCC(=O)Nc1cc(Cl)ccc1Cl. The second-order valence-electron chi connectivity index (χ2n) is 4.60. The van der Waals surface area contributed by atoms with E-state index in [1.807, 2.05) is 6.92 Å². The Kier molecular flexibility index (Phi) is 4.32. The molecule has 0 spiro atoms. The topological polar surface area (TPSA) is 55.4 Å². The highest BCUT2D eigenvalue weighted by molar-refractivity contribution is 6.35. The number of amides is 1. The van der Waals surface area contributed by atoms with Crippen LogP contribution in [0.4, 0.5) is 5.69 Å². The third-order valence-corrected chi connectivity index (χ3v) is 3.52. The van der Waals surface area contributed by atoms with Crippen LogP contribution >= 0.6 is 23.2 Å². The van der Waals surface area contributed by atoms with Crippen LogP contribution in [0.5, 0.6) is 0 Å². The highest BCUT2D eigenvalue weighted by atomic mass is 35.5. The van der Waals surface area contributed by atoms with Gasteiger partial charge in [0.15, 0.2) is 6.61 Å². The number of carbonyl (C=O) groups is 2. The average molecular weight is 302 g/mol. The van der Waals surface area contributed by atoms with Crippen LogP contribution in [-0.4, -0.2) is 18.5 Å². The molecular formula is C13H13Cl2NO3. The van der Waals surface area contributed by atoms with Crippen LogP contribution in [0.2, 0.25) is 10.0 Å². The summed E-state index contributed by atoms with van der Waals surface area (Å²) in [7, 11) is 0. The lowest BCUT2D eigenvalue weighted by Gasteiger charge is -2.08. The van der Waals surface area contributed by atoms with E-state index in [4.69, 9.17) is 27.9 Å². The zero-order chi connectivity index (χ0) is 14.0. The van der Waals surface area contributed by atoms with E-state index in [2.05, 4.69) is 5.32 Å². The van der Waals surface area contributed by atoms with Gasteiger partial charge in [-0.2, -0.15) is 0 Å². The molecule has 0 radical (unpaired) electrons. The van der Waals surface area contributed by atoms with Crippen molar-refractivity contribution in [3.05, 3.63) is 28.2 Å². The van der Waals surface area contributed by atoms with Gasteiger partial charge in [0.2, 0.25) is 0 Å². The fourth-order valence-electron chi connectivity index (χ4n) is 1.67. The van der Waals surface area contributed by atoms with E-state index in [9.17, 15) is 9.59 Å². The Balaban J connectivity index is 1.84. The quantitative estimate of drug-likeness (QED) is 0.869. The molecule has 1 saturated carbocycles. The molecule has 0 unspecified atom stereocenters. The van der Waals surface area contributed by atoms with Gasteiger partial charge in [0.05, 0.1) is 16.6 Å². The monoisotopic (exact) mass is 301 g/mol. The summed E-state index contributed by atoms with van der Waals surface area (Å²) >= 11 is 11.7. The normalized spacial score (nSPS) is 20.8. The molecule has 1 aliphatic rings. The first-order valence-electron chi connectivity index (χ1n) is 5.89. The summed E-state index contributed by atoms with van der Waals surface area (Å²) in [6, 6.07) is 4.73. The number of ether oxygens (including phenoxy) is 1. The first kappa shape index (κ1) is 14.2. The van der Waals surface area contributed by atoms with Crippen molar-refractivity contribution in [3.63, 3.8) is 0 Å². The van der Waals surface area contributed by atoms with Crippen LogP contribution in [0.15, 0.2) is 18.2 Å². The lowest BCUT2D eigenvalue weighted by Crippen LogP contribution is -2.21. The molecule has 2 rings (SSSR count). The van der Waals surface area contributed by atoms with Crippen molar-refractivity contribution in [2.45, 2.75) is 13.3 Å². The Morgan fingerprint density at radius 2 is 2.11 bits per heavy atom. The van der Waals surface area contributed by atoms with Crippen molar-refractivity contribution in [1.82, 2.24) is 0 Å². The molecular weight excluding hydrogens is 289 g/mol. The van der Waals surface area contributed by atoms with E-state index in [-0.39, 0.29) is 18.5 Å². The summed E-state index contributed by atoms with van der Waals surface area (Å²) in [4.78, 5) is 23.1. The Labute approximate surface area is 121 Å². The van der Waals surface area contributed by atoms with Crippen LogP contribution in [0.1, 0.15) is 13.3 Å². The van der Waals surface area contributed by atoms with Crippen molar-refractivity contribution in [3.8, 4) is 0 Å². The Morgan fingerprint density at radius 1 is 1.42 bits per heavy atom. The number of anilines is 1. The van der Waals surface area contributed by atoms with Gasteiger partial charge in [-0.1, -0.05) is 30.1 Å². The minimum atomic E-state index is -0.439. The smallest absolute Gasteiger partial charge is 0.309 e. The zero-order valence-electron chi connectivity index (χ0n) is 10.3. The molecule has 6 heteroatoms. The summed E-state index contributed by atoms with van der Waals surface area (Å²) in [5.41, 5.74) is 0.398. The number of rotatable bonds is 4. The molecule has 1 aromatic carbocycles. The summed E-state index contributed by atoms with van der Waals surface area (Å²) in [6.45, 7) is 1.66. The molecule has 19 heavy (non-hydrogen) atoms. The maximum absolute atomic E-state index is 11.6. The van der Waals surface area contributed by atoms with Crippen LogP contribution in [-0.2, 0) is 14.3 Å². The molecule has 1 aromatic rings. The molecule has 0 saturated heterocycles. The molecule has 102 valence electrons. The molecule has 1 amide bonds. The van der Waals surface area contributed by atoms with Gasteiger partial charge in [0.1, 0.15) is 0 Å². The Hall–Kier alpha value is -1.26. The average Bonchev–Trinajstić information content (AvgIpc) is 3.08. The highest BCUT2D eigenvalue weighted by Gasteiger charge is 2.40. The van der Waals surface area contributed by atoms with Crippen molar-refractivity contribution in [1.29, 1.82) is 0 Å². The number of halogens is 2. The summed E-state index contributed by atoms with van der Waals surface area (Å²) < 4.78 is 4.91.